The Hall–Kier alpha value is -1.71. The summed E-state index contributed by atoms with van der Waals surface area (Å²) >= 11 is 0. The van der Waals surface area contributed by atoms with Gasteiger partial charge in [0.05, 0.1) is 43.5 Å². The van der Waals surface area contributed by atoms with Crippen molar-refractivity contribution in [2.75, 3.05) is 19.8 Å². The van der Waals surface area contributed by atoms with Crippen LogP contribution in [0.3, 0.4) is 0 Å². The molecule has 9 fully saturated rings. The Morgan fingerprint density at radius 3 is 1.76 bits per heavy atom. The number of aliphatic hydroxyl groups excluding tert-OH is 14. The van der Waals surface area contributed by atoms with Crippen LogP contribution in [0.4, 0.5) is 0 Å². The molecule has 84 heavy (non-hydrogen) atoms. The average molecular weight is 1210 g/mol. The zero-order chi connectivity index (χ0) is 61.3. The molecule has 14 N–H and O–H groups in total. The number of rotatable bonds is 12. The fourth-order valence-electron chi connectivity index (χ4n) is 17.5. The summed E-state index contributed by atoms with van der Waals surface area (Å²) in [6.07, 6.45) is -27.9. The number of aliphatic hydroxyl groups is 14. The first-order chi connectivity index (χ1) is 39.3. The monoisotopic (exact) mass is 1200 g/mol. The van der Waals surface area contributed by atoms with Crippen molar-refractivity contribution in [2.45, 2.75) is 280 Å². The van der Waals surface area contributed by atoms with E-state index in [1.807, 2.05) is 0 Å². The molecule has 0 aromatic rings. The number of allylic oxidation sites excluding steroid dienone is 2. The smallest absolute Gasteiger partial charge is 0.315 e. The SMILES string of the molecule is C[C@H]1O[C@H](O[C@@H]2[C@@H](O[C@H]3CC[C@]4(C)[C@H]5CC=C6[C@@H]7CC(C)(C)CC[C@]7(C(=O)O[C@@H]7O[C@H](CO[C@@H]8O[C@H](CO)[C@@H](O[C@H]9O[C@H](C)[C@@H](O)[C@H](O)[C@@H]9O)[C@H](O)[C@H]8O)[C@@H](O)[C@H](O)[C@H]7O)CC[C@@]6(C)[C@]5(C)CC[C@H]4C3(C)C)OC[C@@H](O)[C@H]2O)[C@@H](O)[C@@H](O)[C@@H]1O. The average Bonchev–Trinajstić information content (AvgIpc) is 0.705. The fourth-order valence-corrected chi connectivity index (χ4v) is 17.5. The maximum absolute atomic E-state index is 15.2. The summed E-state index contributed by atoms with van der Waals surface area (Å²) in [6, 6.07) is 0. The highest BCUT2D eigenvalue weighted by Crippen LogP contribution is 2.76. The molecule has 5 aliphatic heterocycles. The number of hydrogen-bond acceptors (Lipinski definition) is 25. The summed E-state index contributed by atoms with van der Waals surface area (Å²) < 4.78 is 59.6. The highest BCUT2D eigenvalue weighted by molar-refractivity contribution is 5.79. The minimum Gasteiger partial charge on any atom is -0.432 e. The van der Waals surface area contributed by atoms with Crippen molar-refractivity contribution in [3.05, 3.63) is 11.6 Å². The van der Waals surface area contributed by atoms with Gasteiger partial charge in [-0.3, -0.25) is 4.79 Å². The Kier molecular flexibility index (Phi) is 18.5. The van der Waals surface area contributed by atoms with E-state index in [-0.39, 0.29) is 52.1 Å². The van der Waals surface area contributed by atoms with Crippen LogP contribution in [0.2, 0.25) is 0 Å². The predicted molar refractivity (Wildman–Crippen MR) is 287 cm³/mol. The minimum absolute atomic E-state index is 0.150. The quantitative estimate of drug-likeness (QED) is 0.0600. The van der Waals surface area contributed by atoms with Crippen LogP contribution in [0, 0.1) is 50.2 Å². The highest BCUT2D eigenvalue weighted by Gasteiger charge is 2.70. The molecule has 0 amide bonds. The molecule has 0 spiro atoms. The number of esters is 1. The first kappa shape index (κ1) is 65.2. The van der Waals surface area contributed by atoms with Gasteiger partial charge in [0, 0.05) is 0 Å². The maximum atomic E-state index is 15.2. The molecule has 0 aromatic heterocycles. The lowest BCUT2D eigenvalue weighted by Gasteiger charge is -2.71. The Morgan fingerprint density at radius 1 is 0.560 bits per heavy atom. The molecule has 10 aliphatic rings. The maximum Gasteiger partial charge on any atom is 0.315 e. The molecule has 25 nitrogen and oxygen atoms in total. The second-order valence-electron chi connectivity index (χ2n) is 28.6. The van der Waals surface area contributed by atoms with Gasteiger partial charge in [-0.1, -0.05) is 60.1 Å². The van der Waals surface area contributed by atoms with E-state index in [4.69, 9.17) is 47.4 Å². The van der Waals surface area contributed by atoms with Crippen LogP contribution in [0.15, 0.2) is 11.6 Å². The van der Waals surface area contributed by atoms with Gasteiger partial charge in [-0.2, -0.15) is 0 Å². The zero-order valence-electron chi connectivity index (χ0n) is 49.7. The van der Waals surface area contributed by atoms with Gasteiger partial charge in [-0.15, -0.1) is 0 Å². The summed E-state index contributed by atoms with van der Waals surface area (Å²) in [7, 11) is 0. The number of fused-ring (bicyclic) bond motifs is 7. The van der Waals surface area contributed by atoms with Gasteiger partial charge in [-0.25, -0.2) is 0 Å². The summed E-state index contributed by atoms with van der Waals surface area (Å²) in [6.45, 7) is 17.3. The second-order valence-corrected chi connectivity index (χ2v) is 28.6. The Labute approximate surface area is 490 Å². The molecule has 5 saturated heterocycles. The van der Waals surface area contributed by atoms with Gasteiger partial charge in [0.2, 0.25) is 6.29 Å². The van der Waals surface area contributed by atoms with Crippen LogP contribution < -0.4 is 0 Å². The number of hydrogen-bond donors (Lipinski definition) is 14. The lowest BCUT2D eigenvalue weighted by atomic mass is 9.33. The minimum atomic E-state index is -1.88. The van der Waals surface area contributed by atoms with Crippen LogP contribution >= 0.6 is 0 Å². The van der Waals surface area contributed by atoms with Crippen molar-refractivity contribution in [2.24, 2.45) is 50.2 Å². The second kappa shape index (κ2) is 23.8. The van der Waals surface area contributed by atoms with E-state index >= 15 is 4.79 Å². The molecule has 5 aliphatic carbocycles. The predicted octanol–water partition coefficient (Wildman–Crippen LogP) is -1.52. The van der Waals surface area contributed by atoms with Crippen molar-refractivity contribution in [1.82, 2.24) is 0 Å². The largest absolute Gasteiger partial charge is 0.432 e. The summed E-state index contributed by atoms with van der Waals surface area (Å²) in [4.78, 5) is 15.2. The number of ether oxygens (including phenoxy) is 10. The fraction of sp³-hybridized carbons (Fsp3) is 0.949. The van der Waals surface area contributed by atoms with E-state index in [1.165, 1.54) is 19.4 Å². The molecule has 25 heteroatoms. The zero-order valence-corrected chi connectivity index (χ0v) is 49.7. The van der Waals surface area contributed by atoms with Crippen molar-refractivity contribution >= 4 is 5.97 Å². The highest BCUT2D eigenvalue weighted by atomic mass is 16.8. The van der Waals surface area contributed by atoms with Crippen molar-refractivity contribution in [3.8, 4) is 0 Å². The third kappa shape index (κ3) is 10.9. The van der Waals surface area contributed by atoms with E-state index in [0.29, 0.717) is 38.5 Å². The molecular formula is C59H96O25. The molecule has 482 valence electrons. The summed E-state index contributed by atoms with van der Waals surface area (Å²) in [5.41, 5.74) is -1.12. The van der Waals surface area contributed by atoms with E-state index in [1.54, 1.807) is 0 Å². The summed E-state index contributed by atoms with van der Waals surface area (Å²) in [5.74, 6) is -0.449. The summed E-state index contributed by atoms with van der Waals surface area (Å²) in [5, 5.41) is 151. The van der Waals surface area contributed by atoms with Gasteiger partial charge in [0.25, 0.3) is 0 Å². The van der Waals surface area contributed by atoms with Crippen LogP contribution in [0.25, 0.3) is 0 Å². The van der Waals surface area contributed by atoms with E-state index in [9.17, 15) is 71.5 Å². The number of carbonyl (C=O) groups is 1. The topological polar surface area (TPSA) is 393 Å². The van der Waals surface area contributed by atoms with E-state index < -0.39 is 177 Å². The van der Waals surface area contributed by atoms with Gasteiger partial charge in [0.1, 0.15) is 104 Å². The lowest BCUT2D eigenvalue weighted by Crippen LogP contribution is -2.66. The van der Waals surface area contributed by atoms with E-state index in [2.05, 4.69) is 54.5 Å². The molecular weight excluding hydrogens is 1110 g/mol. The molecule has 10 rings (SSSR count). The van der Waals surface area contributed by atoms with Gasteiger partial charge in [0.15, 0.2) is 25.2 Å². The van der Waals surface area contributed by atoms with Crippen molar-refractivity contribution in [3.63, 3.8) is 0 Å². The molecule has 4 saturated carbocycles. The van der Waals surface area contributed by atoms with E-state index in [0.717, 1.165) is 25.7 Å². The Bertz CT molecular complexity index is 2340. The van der Waals surface area contributed by atoms with Gasteiger partial charge >= 0.3 is 5.97 Å². The van der Waals surface area contributed by atoms with Crippen molar-refractivity contribution in [1.29, 1.82) is 0 Å². The van der Waals surface area contributed by atoms with Crippen LogP contribution in [-0.2, 0) is 52.2 Å². The van der Waals surface area contributed by atoms with Gasteiger partial charge < -0.3 is 119 Å². The van der Waals surface area contributed by atoms with Crippen LogP contribution in [0.1, 0.15) is 127 Å². The van der Waals surface area contributed by atoms with Gasteiger partial charge in [-0.05, 0) is 123 Å². The van der Waals surface area contributed by atoms with Crippen LogP contribution in [-0.4, -0.2) is 251 Å². The Morgan fingerprint density at radius 2 is 1.13 bits per heavy atom. The Balaban J connectivity index is 0.824. The van der Waals surface area contributed by atoms with Crippen molar-refractivity contribution < 1.29 is 124 Å². The molecule has 32 atom stereocenters. The standard InChI is InChI=1S/C59H96O25/c1-24-34(62)38(66)42(70)49(77-24)82-46-29(21-60)79-48(45(73)41(46)69)76-23-30-37(65)40(68)44(72)51(80-30)84-53(74)59-18-16-54(3,4)20-27(59)26-10-11-32-56(7)14-13-33(55(5,6)31(56)12-15-58(32,9)57(26,8)17-19-59)81-52-47(36(64)28(61)22-75-52)83-50-43(71)39(67)35(63)25(2)78-50/h10,24-25,27-52,60-73H,11-23H2,1-9H3/t24-,25-,27+,28-,29-,30-,31+,32-,33+,34-,35-,36-,37-,38+,39+,40+,41-,42+,43+,44-,45-,46-,47+,48-,49-,50-,51+,52-,56+,57-,58-,59+/m1/s1. The third-order valence-corrected chi connectivity index (χ3v) is 23.0. The molecule has 0 bridgehead atoms. The van der Waals surface area contributed by atoms with Crippen LogP contribution in [0.5, 0.6) is 0 Å². The third-order valence-electron chi connectivity index (χ3n) is 23.0. The molecule has 0 radical (unpaired) electrons. The molecule has 0 aromatic carbocycles. The molecule has 0 unspecified atom stereocenters. The first-order valence-corrected chi connectivity index (χ1v) is 30.5. The first-order valence-electron chi connectivity index (χ1n) is 30.5. The molecule has 5 heterocycles. The number of carbonyl (C=O) groups excluding carboxylic acids is 1. The lowest BCUT2D eigenvalue weighted by molar-refractivity contribution is -0.364. The normalized spacial score (nSPS) is 54.6.